The van der Waals surface area contributed by atoms with Gasteiger partial charge in [-0.05, 0) is 44.0 Å². The molecule has 0 saturated carbocycles. The first kappa shape index (κ1) is 17.2. The van der Waals surface area contributed by atoms with E-state index in [1.165, 1.54) is 18.5 Å². The zero-order valence-corrected chi connectivity index (χ0v) is 14.6. The van der Waals surface area contributed by atoms with Gasteiger partial charge in [-0.25, -0.2) is 0 Å². The lowest BCUT2D eigenvalue weighted by molar-refractivity contribution is -0.116. The van der Waals surface area contributed by atoms with Gasteiger partial charge in [0.2, 0.25) is 5.91 Å². The summed E-state index contributed by atoms with van der Waals surface area (Å²) in [5, 5.41) is 2.87. The van der Waals surface area contributed by atoms with Crippen molar-refractivity contribution in [1.29, 1.82) is 0 Å². The van der Waals surface area contributed by atoms with Crippen LogP contribution in [-0.4, -0.2) is 24.8 Å². The van der Waals surface area contributed by atoms with Gasteiger partial charge in [0.25, 0.3) is 0 Å². The van der Waals surface area contributed by atoms with Crippen molar-refractivity contribution in [2.75, 3.05) is 23.3 Å². The van der Waals surface area contributed by atoms with Crippen LogP contribution in [0.2, 0.25) is 0 Å². The van der Waals surface area contributed by atoms with Crippen LogP contribution in [0.15, 0.2) is 48.5 Å². The number of ketones is 1. The molecule has 0 atom stereocenters. The van der Waals surface area contributed by atoms with Crippen LogP contribution in [0.25, 0.3) is 0 Å². The van der Waals surface area contributed by atoms with E-state index in [0.717, 1.165) is 24.3 Å². The number of amides is 1. The predicted octanol–water partition coefficient (Wildman–Crippen LogP) is 4.20. The Hall–Kier alpha value is -2.62. The number of Topliss-reactive ketones (excluding diaryl/α,β-unsaturated/α-hetero) is 1. The minimum Gasteiger partial charge on any atom is -0.372 e. The zero-order chi connectivity index (χ0) is 17.6. The highest BCUT2D eigenvalue weighted by Gasteiger charge is 2.13. The minimum atomic E-state index is -0.130. The van der Waals surface area contributed by atoms with E-state index >= 15 is 0 Å². The number of benzene rings is 2. The van der Waals surface area contributed by atoms with Crippen molar-refractivity contribution in [1.82, 2.24) is 0 Å². The number of nitrogens with one attached hydrogen (secondary N) is 1. The number of anilines is 2. The maximum absolute atomic E-state index is 12.1. The molecule has 0 aromatic heterocycles. The summed E-state index contributed by atoms with van der Waals surface area (Å²) in [4.78, 5) is 26.5. The van der Waals surface area contributed by atoms with Crippen molar-refractivity contribution < 1.29 is 9.59 Å². The van der Waals surface area contributed by atoms with E-state index < -0.39 is 0 Å². The summed E-state index contributed by atoms with van der Waals surface area (Å²) in [6, 6.07) is 15.4. The molecule has 4 heteroatoms. The fourth-order valence-electron chi connectivity index (χ4n) is 3.07. The summed E-state index contributed by atoms with van der Waals surface area (Å²) in [6.07, 6.45) is 2.91. The van der Waals surface area contributed by atoms with Crippen molar-refractivity contribution >= 4 is 23.1 Å². The van der Waals surface area contributed by atoms with Crippen LogP contribution in [0.5, 0.6) is 0 Å². The van der Waals surface area contributed by atoms with Crippen LogP contribution in [0, 0.1) is 6.92 Å². The largest absolute Gasteiger partial charge is 0.372 e. The predicted molar refractivity (Wildman–Crippen MR) is 101 cm³/mol. The molecule has 3 rings (SSSR count). The number of carbonyl (C=O) groups is 2. The highest BCUT2D eigenvalue weighted by Crippen LogP contribution is 2.22. The summed E-state index contributed by atoms with van der Waals surface area (Å²) in [5.74, 6) is -0.131. The first-order valence-corrected chi connectivity index (χ1v) is 8.86. The Balaban J connectivity index is 1.48. The summed E-state index contributed by atoms with van der Waals surface area (Å²) >= 11 is 0. The fraction of sp³-hybridized carbons (Fsp3) is 0.333. The standard InChI is InChI=1S/C21H24N2O2/c1-16-4-6-17(7-5-16)20(24)12-13-21(25)22-18-8-10-19(11-9-18)23-14-2-3-15-23/h4-11H,2-3,12-15H2,1H3,(H,22,25). The average molecular weight is 336 g/mol. The first-order valence-electron chi connectivity index (χ1n) is 8.86. The van der Waals surface area contributed by atoms with Gasteiger partial charge in [-0.3, -0.25) is 9.59 Å². The lowest BCUT2D eigenvalue weighted by Gasteiger charge is -2.17. The van der Waals surface area contributed by atoms with Crippen molar-refractivity contribution in [3.63, 3.8) is 0 Å². The molecule has 25 heavy (non-hydrogen) atoms. The number of hydrogen-bond acceptors (Lipinski definition) is 3. The maximum atomic E-state index is 12.1. The average Bonchev–Trinajstić information content (AvgIpc) is 3.15. The van der Waals surface area contributed by atoms with Gasteiger partial charge in [0.15, 0.2) is 5.78 Å². The highest BCUT2D eigenvalue weighted by atomic mass is 16.2. The Bertz CT molecular complexity index is 729. The van der Waals surface area contributed by atoms with Crippen molar-refractivity contribution in [2.24, 2.45) is 0 Å². The fourth-order valence-corrected chi connectivity index (χ4v) is 3.07. The van der Waals surface area contributed by atoms with E-state index in [1.54, 1.807) is 0 Å². The van der Waals surface area contributed by atoms with Crippen molar-refractivity contribution in [3.05, 3.63) is 59.7 Å². The minimum absolute atomic E-state index is 0.000434. The van der Waals surface area contributed by atoms with Gasteiger partial charge in [0, 0.05) is 42.9 Å². The number of nitrogens with zero attached hydrogens (tertiary/aromatic N) is 1. The molecule has 0 bridgehead atoms. The molecule has 1 fully saturated rings. The number of hydrogen-bond donors (Lipinski definition) is 1. The third-order valence-electron chi connectivity index (χ3n) is 4.57. The lowest BCUT2D eigenvalue weighted by Crippen LogP contribution is -2.17. The molecule has 1 aliphatic rings. The summed E-state index contributed by atoms with van der Waals surface area (Å²) in [7, 11) is 0. The van der Waals surface area contributed by atoms with Gasteiger partial charge < -0.3 is 10.2 Å². The molecule has 1 heterocycles. The smallest absolute Gasteiger partial charge is 0.224 e. The monoisotopic (exact) mass is 336 g/mol. The molecule has 1 aliphatic heterocycles. The van der Waals surface area contributed by atoms with E-state index in [2.05, 4.69) is 10.2 Å². The Labute approximate surface area is 148 Å². The third kappa shape index (κ3) is 4.69. The Morgan fingerprint density at radius 3 is 2.20 bits per heavy atom. The van der Waals surface area contributed by atoms with Gasteiger partial charge in [0.05, 0.1) is 0 Å². The molecule has 2 aromatic carbocycles. The Morgan fingerprint density at radius 2 is 1.56 bits per heavy atom. The van der Waals surface area contributed by atoms with Gasteiger partial charge >= 0.3 is 0 Å². The number of carbonyl (C=O) groups excluding carboxylic acids is 2. The highest BCUT2D eigenvalue weighted by molar-refractivity contribution is 6.00. The topological polar surface area (TPSA) is 49.4 Å². The first-order chi connectivity index (χ1) is 12.1. The molecular formula is C21H24N2O2. The molecule has 4 nitrogen and oxygen atoms in total. The molecule has 0 radical (unpaired) electrons. The van der Waals surface area contributed by atoms with E-state index in [0.29, 0.717) is 5.56 Å². The van der Waals surface area contributed by atoms with Gasteiger partial charge in [-0.1, -0.05) is 29.8 Å². The van der Waals surface area contributed by atoms with E-state index in [9.17, 15) is 9.59 Å². The molecule has 1 saturated heterocycles. The van der Waals surface area contributed by atoms with Crippen LogP contribution in [0.4, 0.5) is 11.4 Å². The van der Waals surface area contributed by atoms with E-state index in [-0.39, 0.29) is 24.5 Å². The summed E-state index contributed by atoms with van der Waals surface area (Å²) < 4.78 is 0. The van der Waals surface area contributed by atoms with E-state index in [1.807, 2.05) is 55.5 Å². The van der Waals surface area contributed by atoms with Crippen LogP contribution in [0.1, 0.15) is 41.6 Å². The summed E-state index contributed by atoms with van der Waals surface area (Å²) in [6.45, 7) is 4.19. The number of rotatable bonds is 6. The van der Waals surface area contributed by atoms with Crippen molar-refractivity contribution in [2.45, 2.75) is 32.6 Å². The zero-order valence-electron chi connectivity index (χ0n) is 14.6. The van der Waals surface area contributed by atoms with Crippen LogP contribution in [-0.2, 0) is 4.79 Å². The van der Waals surface area contributed by atoms with Gasteiger partial charge in [0.1, 0.15) is 0 Å². The molecule has 130 valence electrons. The van der Waals surface area contributed by atoms with Crippen LogP contribution in [0.3, 0.4) is 0 Å². The SMILES string of the molecule is Cc1ccc(C(=O)CCC(=O)Nc2ccc(N3CCCC3)cc2)cc1. The quantitative estimate of drug-likeness (QED) is 0.805. The molecule has 0 aliphatic carbocycles. The Kier molecular flexibility index (Phi) is 5.49. The maximum Gasteiger partial charge on any atom is 0.224 e. The van der Waals surface area contributed by atoms with Crippen LogP contribution < -0.4 is 10.2 Å². The lowest BCUT2D eigenvalue weighted by atomic mass is 10.0. The van der Waals surface area contributed by atoms with Crippen LogP contribution >= 0.6 is 0 Å². The molecular weight excluding hydrogens is 312 g/mol. The second kappa shape index (κ2) is 7.97. The van der Waals surface area contributed by atoms with Gasteiger partial charge in [-0.15, -0.1) is 0 Å². The van der Waals surface area contributed by atoms with Gasteiger partial charge in [-0.2, -0.15) is 0 Å². The molecule has 1 N–H and O–H groups in total. The molecule has 0 spiro atoms. The second-order valence-electron chi connectivity index (χ2n) is 6.58. The second-order valence-corrected chi connectivity index (χ2v) is 6.58. The normalized spacial score (nSPS) is 13.7. The number of aryl methyl sites for hydroxylation is 1. The molecule has 1 amide bonds. The summed E-state index contributed by atoms with van der Waals surface area (Å²) in [5.41, 5.74) is 3.75. The Morgan fingerprint density at radius 1 is 0.920 bits per heavy atom. The van der Waals surface area contributed by atoms with E-state index in [4.69, 9.17) is 0 Å². The van der Waals surface area contributed by atoms with Crippen molar-refractivity contribution in [3.8, 4) is 0 Å². The third-order valence-corrected chi connectivity index (χ3v) is 4.57. The molecule has 2 aromatic rings. The molecule has 0 unspecified atom stereocenters.